The summed E-state index contributed by atoms with van der Waals surface area (Å²) in [6, 6.07) is 13.8. The Balaban J connectivity index is 1.82. The van der Waals surface area contributed by atoms with Crippen molar-refractivity contribution in [2.45, 2.75) is 13.3 Å². The first-order valence-electron chi connectivity index (χ1n) is 8.56. The van der Waals surface area contributed by atoms with Gasteiger partial charge in [0.2, 0.25) is 5.95 Å². The molecule has 26 heavy (non-hydrogen) atoms. The highest BCUT2D eigenvalue weighted by Gasteiger charge is 2.14. The number of nitrogens with zero attached hydrogens (tertiary/aromatic N) is 5. The molecule has 0 radical (unpaired) electrons. The normalized spacial score (nSPS) is 10.8. The summed E-state index contributed by atoms with van der Waals surface area (Å²) in [5.41, 5.74) is 3.33. The van der Waals surface area contributed by atoms with Gasteiger partial charge in [-0.25, -0.2) is 4.98 Å². The quantitative estimate of drug-likeness (QED) is 0.553. The van der Waals surface area contributed by atoms with Gasteiger partial charge >= 0.3 is 0 Å². The smallest absolute Gasteiger partial charge is 0.231 e. The number of para-hydroxylation sites is 1. The van der Waals surface area contributed by atoms with Crippen LogP contribution in [0.1, 0.15) is 13.3 Å². The molecule has 0 atom stereocenters. The summed E-state index contributed by atoms with van der Waals surface area (Å²) in [6.45, 7) is 2.93. The molecule has 0 aliphatic heterocycles. The van der Waals surface area contributed by atoms with E-state index in [-0.39, 0.29) is 0 Å². The van der Waals surface area contributed by atoms with Gasteiger partial charge in [-0.15, -0.1) is 0 Å². The van der Waals surface area contributed by atoms with Crippen molar-refractivity contribution in [3.63, 3.8) is 0 Å². The van der Waals surface area contributed by atoms with Gasteiger partial charge in [-0.2, -0.15) is 9.97 Å². The SMILES string of the molecule is CCCNc1nc(Nc2cccnc2)nc2c1ncn2-c1ccccc1. The predicted molar refractivity (Wildman–Crippen MR) is 103 cm³/mol. The Kier molecular flexibility index (Phi) is 4.42. The molecule has 130 valence electrons. The molecule has 0 fully saturated rings. The van der Waals surface area contributed by atoms with Crippen molar-refractivity contribution in [1.29, 1.82) is 0 Å². The second kappa shape index (κ2) is 7.18. The molecule has 0 amide bonds. The van der Waals surface area contributed by atoms with Crippen LogP contribution in [0, 0.1) is 0 Å². The van der Waals surface area contributed by atoms with Crippen LogP contribution in [0.25, 0.3) is 16.9 Å². The van der Waals surface area contributed by atoms with Crippen LogP contribution in [0.15, 0.2) is 61.2 Å². The fraction of sp³-hybridized carbons (Fsp3) is 0.158. The maximum atomic E-state index is 4.69. The number of aromatic nitrogens is 5. The molecule has 0 aliphatic carbocycles. The summed E-state index contributed by atoms with van der Waals surface area (Å²) in [5.74, 6) is 1.22. The molecule has 1 aromatic carbocycles. The lowest BCUT2D eigenvalue weighted by Gasteiger charge is -2.10. The molecular formula is C19H19N7. The number of pyridine rings is 1. The minimum atomic E-state index is 0.502. The molecule has 3 aromatic heterocycles. The summed E-state index contributed by atoms with van der Waals surface area (Å²) in [6.07, 6.45) is 6.24. The van der Waals surface area contributed by atoms with E-state index in [1.807, 2.05) is 47.0 Å². The Bertz CT molecular complexity index is 997. The van der Waals surface area contributed by atoms with E-state index in [1.54, 1.807) is 18.7 Å². The molecule has 7 heteroatoms. The average molecular weight is 345 g/mol. The van der Waals surface area contributed by atoms with Gasteiger partial charge in [-0.05, 0) is 30.7 Å². The Morgan fingerprint density at radius 1 is 1.04 bits per heavy atom. The van der Waals surface area contributed by atoms with Gasteiger partial charge in [0, 0.05) is 18.4 Å². The van der Waals surface area contributed by atoms with Crippen molar-refractivity contribution < 1.29 is 0 Å². The standard InChI is InChI=1S/C19H19N7/c1-2-10-21-17-16-18(26(13-22-16)15-8-4-3-5-9-15)25-19(24-17)23-14-7-6-11-20-12-14/h3-9,11-13H,2,10H2,1H3,(H2,21,23,24,25). The zero-order chi connectivity index (χ0) is 17.8. The molecule has 0 saturated carbocycles. The maximum absolute atomic E-state index is 4.69. The van der Waals surface area contributed by atoms with Gasteiger partial charge in [0.05, 0.1) is 11.9 Å². The van der Waals surface area contributed by atoms with Crippen molar-refractivity contribution in [3.8, 4) is 5.69 Å². The monoisotopic (exact) mass is 345 g/mol. The third kappa shape index (κ3) is 3.19. The van der Waals surface area contributed by atoms with E-state index >= 15 is 0 Å². The molecule has 3 heterocycles. The second-order valence-electron chi connectivity index (χ2n) is 5.81. The summed E-state index contributed by atoms with van der Waals surface area (Å²) in [4.78, 5) is 17.9. The van der Waals surface area contributed by atoms with Gasteiger partial charge in [-0.3, -0.25) is 9.55 Å². The number of rotatable bonds is 6. The first-order chi connectivity index (χ1) is 12.8. The zero-order valence-electron chi connectivity index (χ0n) is 14.4. The molecule has 0 saturated heterocycles. The number of anilines is 3. The largest absolute Gasteiger partial charge is 0.368 e. The molecular weight excluding hydrogens is 326 g/mol. The average Bonchev–Trinajstić information content (AvgIpc) is 3.12. The highest BCUT2D eigenvalue weighted by Crippen LogP contribution is 2.24. The molecule has 4 rings (SSSR count). The Hall–Kier alpha value is -3.48. The fourth-order valence-corrected chi connectivity index (χ4v) is 2.67. The maximum Gasteiger partial charge on any atom is 0.231 e. The molecule has 0 bridgehead atoms. The van der Waals surface area contributed by atoms with Gasteiger partial charge in [-0.1, -0.05) is 25.1 Å². The van der Waals surface area contributed by atoms with Gasteiger partial charge in [0.15, 0.2) is 17.0 Å². The molecule has 4 aromatic rings. The third-order valence-corrected chi connectivity index (χ3v) is 3.89. The van der Waals surface area contributed by atoms with Gasteiger partial charge in [0.25, 0.3) is 0 Å². The number of hydrogen-bond acceptors (Lipinski definition) is 6. The van der Waals surface area contributed by atoms with Crippen molar-refractivity contribution in [2.24, 2.45) is 0 Å². The Morgan fingerprint density at radius 2 is 1.92 bits per heavy atom. The first kappa shape index (κ1) is 16.0. The molecule has 0 unspecified atom stereocenters. The highest BCUT2D eigenvalue weighted by atomic mass is 15.2. The van der Waals surface area contributed by atoms with Gasteiger partial charge in [0.1, 0.15) is 6.33 Å². The van der Waals surface area contributed by atoms with E-state index in [1.165, 1.54) is 0 Å². The van der Waals surface area contributed by atoms with E-state index in [0.29, 0.717) is 5.95 Å². The Morgan fingerprint density at radius 3 is 2.69 bits per heavy atom. The van der Waals surface area contributed by atoms with E-state index in [0.717, 1.165) is 41.3 Å². The molecule has 2 N–H and O–H groups in total. The lowest BCUT2D eigenvalue weighted by Crippen LogP contribution is -2.07. The van der Waals surface area contributed by atoms with Crippen LogP contribution >= 0.6 is 0 Å². The van der Waals surface area contributed by atoms with Crippen molar-refractivity contribution >= 4 is 28.6 Å². The van der Waals surface area contributed by atoms with Crippen LogP contribution in [0.4, 0.5) is 17.5 Å². The summed E-state index contributed by atoms with van der Waals surface area (Å²) in [5, 5.41) is 6.56. The number of hydrogen-bond donors (Lipinski definition) is 2. The van der Waals surface area contributed by atoms with Crippen molar-refractivity contribution in [2.75, 3.05) is 17.2 Å². The van der Waals surface area contributed by atoms with Crippen molar-refractivity contribution in [1.82, 2.24) is 24.5 Å². The number of fused-ring (bicyclic) bond motifs is 1. The van der Waals surface area contributed by atoms with Crippen LogP contribution in [0.2, 0.25) is 0 Å². The van der Waals surface area contributed by atoms with E-state index < -0.39 is 0 Å². The Labute approximate surface area is 151 Å². The number of benzene rings is 1. The van der Waals surface area contributed by atoms with Gasteiger partial charge < -0.3 is 10.6 Å². The van der Waals surface area contributed by atoms with Crippen LogP contribution in [0.3, 0.4) is 0 Å². The fourth-order valence-electron chi connectivity index (χ4n) is 2.67. The summed E-state index contributed by atoms with van der Waals surface area (Å²) < 4.78 is 1.96. The number of imidazole rings is 1. The van der Waals surface area contributed by atoms with E-state index in [9.17, 15) is 0 Å². The summed E-state index contributed by atoms with van der Waals surface area (Å²) >= 11 is 0. The van der Waals surface area contributed by atoms with Crippen LogP contribution in [-0.4, -0.2) is 31.0 Å². The molecule has 0 aliphatic rings. The minimum Gasteiger partial charge on any atom is -0.368 e. The van der Waals surface area contributed by atoms with Crippen LogP contribution < -0.4 is 10.6 Å². The minimum absolute atomic E-state index is 0.502. The van der Waals surface area contributed by atoms with E-state index in [2.05, 4.69) is 37.5 Å². The van der Waals surface area contributed by atoms with Crippen LogP contribution in [0.5, 0.6) is 0 Å². The lowest BCUT2D eigenvalue weighted by molar-refractivity contribution is 0.968. The zero-order valence-corrected chi connectivity index (χ0v) is 14.4. The second-order valence-corrected chi connectivity index (χ2v) is 5.81. The molecule has 0 spiro atoms. The van der Waals surface area contributed by atoms with Crippen LogP contribution in [-0.2, 0) is 0 Å². The lowest BCUT2D eigenvalue weighted by atomic mass is 10.3. The predicted octanol–water partition coefficient (Wildman–Crippen LogP) is 3.78. The highest BCUT2D eigenvalue weighted by molar-refractivity contribution is 5.85. The third-order valence-electron chi connectivity index (χ3n) is 3.89. The van der Waals surface area contributed by atoms with E-state index in [4.69, 9.17) is 0 Å². The van der Waals surface area contributed by atoms with Crippen molar-refractivity contribution in [3.05, 3.63) is 61.2 Å². The molecule has 7 nitrogen and oxygen atoms in total. The number of nitrogens with one attached hydrogen (secondary N) is 2. The first-order valence-corrected chi connectivity index (χ1v) is 8.56. The topological polar surface area (TPSA) is 80.6 Å². The summed E-state index contributed by atoms with van der Waals surface area (Å²) in [7, 11) is 0.